The van der Waals surface area contributed by atoms with Crippen molar-refractivity contribution in [2.45, 2.75) is 19.4 Å². The highest BCUT2D eigenvalue weighted by atomic mass is 35.5. The van der Waals surface area contributed by atoms with Crippen LogP contribution < -0.4 is 10.9 Å². The molecule has 0 radical (unpaired) electrons. The molecular formula is C20H16Cl3N3O2. The minimum Gasteiger partial charge on any atom is -0.325 e. The molecule has 0 fully saturated rings. The van der Waals surface area contributed by atoms with Crippen molar-refractivity contribution in [2.24, 2.45) is 0 Å². The number of hydrogen-bond acceptors (Lipinski definition) is 3. The molecule has 0 saturated carbocycles. The molecule has 0 aliphatic rings. The van der Waals surface area contributed by atoms with E-state index in [1.54, 1.807) is 36.4 Å². The number of hydrogen-bond donors (Lipinski definition) is 1. The summed E-state index contributed by atoms with van der Waals surface area (Å²) in [4.78, 5) is 24.2. The van der Waals surface area contributed by atoms with Crippen molar-refractivity contribution >= 4 is 46.4 Å². The highest BCUT2D eigenvalue weighted by molar-refractivity contribution is 6.35. The normalized spacial score (nSPS) is 10.7. The Morgan fingerprint density at radius 2 is 1.68 bits per heavy atom. The van der Waals surface area contributed by atoms with Gasteiger partial charge in [-0.15, -0.1) is 0 Å². The van der Waals surface area contributed by atoms with Gasteiger partial charge in [-0.1, -0.05) is 46.9 Å². The van der Waals surface area contributed by atoms with Gasteiger partial charge in [0.25, 0.3) is 5.56 Å². The summed E-state index contributed by atoms with van der Waals surface area (Å²) >= 11 is 17.9. The number of benzene rings is 2. The van der Waals surface area contributed by atoms with Crippen LogP contribution in [0.3, 0.4) is 0 Å². The number of aryl methyl sites for hydroxylation is 1. The van der Waals surface area contributed by atoms with Crippen molar-refractivity contribution in [3.8, 4) is 11.3 Å². The third-order valence-corrected chi connectivity index (χ3v) is 4.80. The first kappa shape index (κ1) is 20.4. The van der Waals surface area contributed by atoms with Gasteiger partial charge in [0.2, 0.25) is 5.91 Å². The molecule has 0 spiro atoms. The molecule has 3 rings (SSSR count). The first-order chi connectivity index (χ1) is 13.4. The van der Waals surface area contributed by atoms with Crippen LogP contribution in [0.1, 0.15) is 12.8 Å². The van der Waals surface area contributed by atoms with Gasteiger partial charge in [-0.05, 0) is 42.8 Å². The van der Waals surface area contributed by atoms with E-state index in [2.05, 4.69) is 10.4 Å². The second-order valence-electron chi connectivity index (χ2n) is 6.06. The number of aromatic nitrogens is 2. The van der Waals surface area contributed by atoms with E-state index < -0.39 is 0 Å². The predicted octanol–water partition coefficient (Wildman–Crippen LogP) is 5.29. The van der Waals surface area contributed by atoms with Gasteiger partial charge in [-0.3, -0.25) is 9.59 Å². The minimum atomic E-state index is -0.226. The van der Waals surface area contributed by atoms with Crippen LogP contribution in [0.4, 0.5) is 5.69 Å². The fourth-order valence-electron chi connectivity index (χ4n) is 2.58. The molecule has 1 heterocycles. The minimum absolute atomic E-state index is 0.210. The lowest BCUT2D eigenvalue weighted by Gasteiger charge is -2.09. The Morgan fingerprint density at radius 1 is 0.964 bits per heavy atom. The summed E-state index contributed by atoms with van der Waals surface area (Å²) in [5.41, 5.74) is 1.74. The molecular weight excluding hydrogens is 421 g/mol. The van der Waals surface area contributed by atoms with E-state index in [1.165, 1.54) is 10.7 Å². The molecule has 8 heteroatoms. The van der Waals surface area contributed by atoms with Gasteiger partial charge < -0.3 is 5.32 Å². The van der Waals surface area contributed by atoms with Crippen molar-refractivity contribution in [3.05, 3.63) is 80.0 Å². The first-order valence-electron chi connectivity index (χ1n) is 8.51. The van der Waals surface area contributed by atoms with Crippen LogP contribution in [0.15, 0.2) is 59.4 Å². The molecule has 0 atom stereocenters. The highest BCUT2D eigenvalue weighted by Crippen LogP contribution is 2.25. The Hall–Kier alpha value is -2.34. The van der Waals surface area contributed by atoms with E-state index >= 15 is 0 Å². The number of amides is 1. The van der Waals surface area contributed by atoms with E-state index in [9.17, 15) is 9.59 Å². The summed E-state index contributed by atoms with van der Waals surface area (Å²) in [7, 11) is 0. The van der Waals surface area contributed by atoms with Gasteiger partial charge in [-0.2, -0.15) is 5.10 Å². The Kier molecular flexibility index (Phi) is 6.73. The maximum atomic E-state index is 12.1. The smallest absolute Gasteiger partial charge is 0.266 e. The highest BCUT2D eigenvalue weighted by Gasteiger charge is 2.08. The van der Waals surface area contributed by atoms with E-state index in [1.807, 2.05) is 12.1 Å². The maximum Gasteiger partial charge on any atom is 0.266 e. The molecule has 3 aromatic rings. The Bertz CT molecular complexity index is 1050. The third-order valence-electron chi connectivity index (χ3n) is 3.98. The molecule has 0 aliphatic carbocycles. The average molecular weight is 437 g/mol. The number of nitrogens with one attached hydrogen (secondary N) is 1. The number of carbonyl (C=O) groups is 1. The van der Waals surface area contributed by atoms with Gasteiger partial charge in [-0.25, -0.2) is 4.68 Å². The second-order valence-corrected chi connectivity index (χ2v) is 7.34. The molecule has 28 heavy (non-hydrogen) atoms. The van der Waals surface area contributed by atoms with Crippen LogP contribution in [-0.4, -0.2) is 15.7 Å². The molecule has 1 aromatic heterocycles. The van der Waals surface area contributed by atoms with Crippen LogP contribution in [0, 0.1) is 0 Å². The lowest BCUT2D eigenvalue weighted by molar-refractivity contribution is -0.116. The molecule has 0 unspecified atom stereocenters. The fraction of sp³-hybridized carbons (Fsp3) is 0.150. The van der Waals surface area contributed by atoms with Gasteiger partial charge in [0, 0.05) is 34.6 Å². The van der Waals surface area contributed by atoms with Gasteiger partial charge >= 0.3 is 0 Å². The second kappa shape index (κ2) is 9.24. The van der Waals surface area contributed by atoms with E-state index in [-0.39, 0.29) is 17.9 Å². The Morgan fingerprint density at radius 3 is 2.43 bits per heavy atom. The third kappa shape index (κ3) is 5.35. The van der Waals surface area contributed by atoms with Crippen molar-refractivity contribution < 1.29 is 4.79 Å². The molecule has 0 bridgehead atoms. The van der Waals surface area contributed by atoms with Crippen molar-refractivity contribution in [2.75, 3.05) is 5.32 Å². The molecule has 2 aromatic carbocycles. The standard InChI is InChI=1S/C20H16Cl3N3O2/c21-14-5-3-13(4-6-14)17-9-10-20(28)26(25-17)11-1-2-19(27)24-18-12-15(22)7-8-16(18)23/h3-10,12H,1-2,11H2,(H,24,27). The Balaban J connectivity index is 1.62. The summed E-state index contributed by atoms with van der Waals surface area (Å²) in [5.74, 6) is -0.217. The quantitative estimate of drug-likeness (QED) is 0.571. The van der Waals surface area contributed by atoms with Crippen molar-refractivity contribution in [3.63, 3.8) is 0 Å². The summed E-state index contributed by atoms with van der Waals surface area (Å²) in [6.07, 6.45) is 0.656. The zero-order chi connectivity index (χ0) is 20.1. The van der Waals surface area contributed by atoms with Crippen LogP contribution >= 0.6 is 34.8 Å². The predicted molar refractivity (Wildman–Crippen MR) is 113 cm³/mol. The molecule has 0 aliphatic heterocycles. The summed E-state index contributed by atoms with van der Waals surface area (Å²) < 4.78 is 1.35. The van der Waals surface area contributed by atoms with Gasteiger partial charge in [0.05, 0.1) is 16.4 Å². The van der Waals surface area contributed by atoms with Crippen LogP contribution in [0.5, 0.6) is 0 Å². The summed E-state index contributed by atoms with van der Waals surface area (Å²) in [6, 6.07) is 15.2. The Labute approximate surface area is 176 Å². The van der Waals surface area contributed by atoms with Gasteiger partial charge in [0.15, 0.2) is 0 Å². The SMILES string of the molecule is O=C(CCCn1nc(-c2ccc(Cl)cc2)ccc1=O)Nc1cc(Cl)ccc1Cl. The van der Waals surface area contributed by atoms with Crippen molar-refractivity contribution in [1.29, 1.82) is 0 Å². The number of halogens is 3. The fourth-order valence-corrected chi connectivity index (χ4v) is 3.04. The molecule has 1 amide bonds. The van der Waals surface area contributed by atoms with Crippen molar-refractivity contribution in [1.82, 2.24) is 9.78 Å². The largest absolute Gasteiger partial charge is 0.325 e. The van der Waals surface area contributed by atoms with Crippen LogP contribution in [-0.2, 0) is 11.3 Å². The monoisotopic (exact) mass is 435 g/mol. The number of nitrogens with zero attached hydrogens (tertiary/aromatic N) is 2. The summed E-state index contributed by atoms with van der Waals surface area (Å²) in [5, 5.41) is 8.61. The summed E-state index contributed by atoms with van der Waals surface area (Å²) in [6.45, 7) is 0.316. The molecule has 1 N–H and O–H groups in total. The lowest BCUT2D eigenvalue weighted by Crippen LogP contribution is -2.23. The molecule has 0 saturated heterocycles. The number of carbonyl (C=O) groups excluding carboxylic acids is 1. The zero-order valence-electron chi connectivity index (χ0n) is 14.7. The average Bonchev–Trinajstić information content (AvgIpc) is 2.67. The first-order valence-corrected chi connectivity index (χ1v) is 9.65. The topological polar surface area (TPSA) is 64.0 Å². The number of rotatable bonds is 6. The van der Waals surface area contributed by atoms with E-state index in [0.717, 1.165) is 5.56 Å². The lowest BCUT2D eigenvalue weighted by atomic mass is 10.1. The zero-order valence-corrected chi connectivity index (χ0v) is 16.9. The van der Waals surface area contributed by atoms with E-state index in [4.69, 9.17) is 34.8 Å². The molecule has 5 nitrogen and oxygen atoms in total. The number of anilines is 1. The maximum absolute atomic E-state index is 12.1. The van der Waals surface area contributed by atoms with Gasteiger partial charge in [0.1, 0.15) is 0 Å². The molecule has 144 valence electrons. The van der Waals surface area contributed by atoms with E-state index in [0.29, 0.717) is 39.4 Å². The van der Waals surface area contributed by atoms with Crippen LogP contribution in [0.25, 0.3) is 11.3 Å². The van der Waals surface area contributed by atoms with Crippen LogP contribution in [0.2, 0.25) is 15.1 Å².